The summed E-state index contributed by atoms with van der Waals surface area (Å²) in [6, 6.07) is 0.371. The molecule has 2 aliphatic rings. The second-order valence-electron chi connectivity index (χ2n) is 6.57. The Morgan fingerprint density at radius 2 is 2.05 bits per heavy atom. The number of hydrogen-bond donors (Lipinski definition) is 2. The molecule has 0 aromatic heterocycles. The lowest BCUT2D eigenvalue weighted by Gasteiger charge is -2.44. The lowest BCUT2D eigenvalue weighted by Crippen LogP contribution is -2.54. The zero-order chi connectivity index (χ0) is 13.9. The van der Waals surface area contributed by atoms with Crippen molar-refractivity contribution in [2.75, 3.05) is 26.2 Å². The van der Waals surface area contributed by atoms with Crippen molar-refractivity contribution < 1.29 is 9.90 Å². The maximum Gasteiger partial charge on any atom is 0.228 e. The fourth-order valence-corrected chi connectivity index (χ4v) is 3.27. The van der Waals surface area contributed by atoms with Crippen molar-refractivity contribution in [2.45, 2.75) is 52.0 Å². The predicted molar refractivity (Wildman–Crippen MR) is 75.8 cm³/mol. The quantitative estimate of drug-likeness (QED) is 0.792. The van der Waals surface area contributed by atoms with Gasteiger partial charge in [-0.05, 0) is 51.1 Å². The van der Waals surface area contributed by atoms with E-state index in [0.29, 0.717) is 18.5 Å². The van der Waals surface area contributed by atoms with E-state index in [-0.39, 0.29) is 17.9 Å². The van der Waals surface area contributed by atoms with Crippen molar-refractivity contribution in [3.8, 4) is 0 Å². The van der Waals surface area contributed by atoms with Gasteiger partial charge in [0.25, 0.3) is 0 Å². The van der Waals surface area contributed by atoms with Gasteiger partial charge in [-0.3, -0.25) is 4.79 Å². The number of nitrogens with one attached hydrogen (secondary N) is 1. The fourth-order valence-electron chi connectivity index (χ4n) is 3.27. The summed E-state index contributed by atoms with van der Waals surface area (Å²) < 4.78 is 0. The molecular formula is C15H28N2O2. The molecule has 1 saturated carbocycles. The van der Waals surface area contributed by atoms with Gasteiger partial charge in [0.15, 0.2) is 0 Å². The van der Waals surface area contributed by atoms with Gasteiger partial charge in [-0.2, -0.15) is 0 Å². The van der Waals surface area contributed by atoms with Crippen LogP contribution in [0.5, 0.6) is 0 Å². The summed E-state index contributed by atoms with van der Waals surface area (Å²) in [6.07, 6.45) is 5.70. The van der Waals surface area contributed by atoms with Crippen LogP contribution in [0.1, 0.15) is 46.0 Å². The Balaban J connectivity index is 2.05. The maximum atomic E-state index is 12.9. The van der Waals surface area contributed by atoms with Crippen LogP contribution in [0.15, 0.2) is 0 Å². The molecule has 1 aliphatic carbocycles. The van der Waals surface area contributed by atoms with Gasteiger partial charge in [0.1, 0.15) is 0 Å². The van der Waals surface area contributed by atoms with Crippen LogP contribution in [-0.2, 0) is 4.79 Å². The lowest BCUT2D eigenvalue weighted by molar-refractivity contribution is -0.148. The molecule has 2 rings (SSSR count). The minimum atomic E-state index is -0.321. The first-order chi connectivity index (χ1) is 9.07. The summed E-state index contributed by atoms with van der Waals surface area (Å²) in [7, 11) is 0. The Kier molecular flexibility index (Phi) is 4.85. The van der Waals surface area contributed by atoms with E-state index in [9.17, 15) is 9.90 Å². The Morgan fingerprint density at radius 1 is 1.32 bits per heavy atom. The zero-order valence-corrected chi connectivity index (χ0v) is 12.3. The van der Waals surface area contributed by atoms with Crippen LogP contribution in [0.3, 0.4) is 0 Å². The number of piperidine rings is 1. The van der Waals surface area contributed by atoms with Gasteiger partial charge >= 0.3 is 0 Å². The topological polar surface area (TPSA) is 52.6 Å². The SMILES string of the molecule is CC(C)(C(=O)N(CCO)C1CCC1)C1CCCNC1. The Bertz CT molecular complexity index is 307. The molecule has 1 aliphatic heterocycles. The van der Waals surface area contributed by atoms with Crippen molar-refractivity contribution in [1.29, 1.82) is 0 Å². The highest BCUT2D eigenvalue weighted by Gasteiger charge is 2.42. The standard InChI is InChI=1S/C15H28N2O2/c1-15(2,12-5-4-8-16-11-12)14(19)17(9-10-18)13-6-3-7-13/h12-13,16,18H,3-11H2,1-2H3. The van der Waals surface area contributed by atoms with Crippen LogP contribution in [0.25, 0.3) is 0 Å². The summed E-state index contributed by atoms with van der Waals surface area (Å²) in [4.78, 5) is 14.8. The number of amides is 1. The van der Waals surface area contributed by atoms with Gasteiger partial charge in [-0.1, -0.05) is 13.8 Å². The monoisotopic (exact) mass is 268 g/mol. The van der Waals surface area contributed by atoms with Gasteiger partial charge in [0, 0.05) is 18.0 Å². The summed E-state index contributed by atoms with van der Waals surface area (Å²) in [6.45, 7) is 6.74. The number of carbonyl (C=O) groups excluding carboxylic acids is 1. The molecule has 4 nitrogen and oxygen atoms in total. The van der Waals surface area contributed by atoms with E-state index in [4.69, 9.17) is 0 Å². The molecule has 0 radical (unpaired) electrons. The Hall–Kier alpha value is -0.610. The Labute approximate surface area is 116 Å². The minimum Gasteiger partial charge on any atom is -0.395 e. The first kappa shape index (κ1) is 14.8. The highest BCUT2D eigenvalue weighted by atomic mass is 16.3. The highest BCUT2D eigenvalue weighted by molar-refractivity contribution is 5.82. The molecule has 1 unspecified atom stereocenters. The minimum absolute atomic E-state index is 0.0707. The molecule has 1 heterocycles. The third-order valence-corrected chi connectivity index (χ3v) is 4.99. The maximum absolute atomic E-state index is 12.9. The van der Waals surface area contributed by atoms with Crippen LogP contribution in [-0.4, -0.2) is 48.2 Å². The average Bonchev–Trinajstić information content (AvgIpc) is 2.36. The van der Waals surface area contributed by atoms with E-state index in [1.807, 2.05) is 4.90 Å². The number of carbonyl (C=O) groups is 1. The molecule has 4 heteroatoms. The highest BCUT2D eigenvalue weighted by Crippen LogP contribution is 2.36. The van der Waals surface area contributed by atoms with Crippen LogP contribution in [0.2, 0.25) is 0 Å². The zero-order valence-electron chi connectivity index (χ0n) is 12.3. The molecule has 2 fully saturated rings. The predicted octanol–water partition coefficient (Wildman–Crippen LogP) is 1.39. The van der Waals surface area contributed by atoms with E-state index in [2.05, 4.69) is 19.2 Å². The van der Waals surface area contributed by atoms with E-state index in [1.54, 1.807) is 0 Å². The van der Waals surface area contributed by atoms with Gasteiger partial charge in [0.2, 0.25) is 5.91 Å². The molecule has 1 atom stereocenters. The van der Waals surface area contributed by atoms with Crippen molar-refractivity contribution >= 4 is 5.91 Å². The number of hydrogen-bond acceptors (Lipinski definition) is 3. The molecule has 0 aromatic carbocycles. The van der Waals surface area contributed by atoms with Crippen LogP contribution < -0.4 is 5.32 Å². The lowest BCUT2D eigenvalue weighted by atomic mass is 9.73. The molecule has 110 valence electrons. The molecule has 19 heavy (non-hydrogen) atoms. The van der Waals surface area contributed by atoms with Crippen molar-refractivity contribution in [3.05, 3.63) is 0 Å². The van der Waals surface area contributed by atoms with E-state index >= 15 is 0 Å². The third-order valence-electron chi connectivity index (χ3n) is 4.99. The van der Waals surface area contributed by atoms with E-state index in [0.717, 1.165) is 38.8 Å². The summed E-state index contributed by atoms with van der Waals surface area (Å²) in [5, 5.41) is 12.6. The van der Waals surface area contributed by atoms with Gasteiger partial charge in [-0.15, -0.1) is 0 Å². The summed E-state index contributed by atoms with van der Waals surface area (Å²) in [5.41, 5.74) is -0.321. The van der Waals surface area contributed by atoms with Crippen molar-refractivity contribution in [3.63, 3.8) is 0 Å². The number of rotatable bonds is 5. The second kappa shape index (κ2) is 6.23. The van der Waals surface area contributed by atoms with E-state index < -0.39 is 0 Å². The van der Waals surface area contributed by atoms with Crippen LogP contribution >= 0.6 is 0 Å². The molecular weight excluding hydrogens is 240 g/mol. The molecule has 0 bridgehead atoms. The number of nitrogens with zero attached hydrogens (tertiary/aromatic N) is 1. The normalized spacial score (nSPS) is 24.9. The Morgan fingerprint density at radius 3 is 2.53 bits per heavy atom. The molecule has 1 amide bonds. The number of aliphatic hydroxyl groups excluding tert-OH is 1. The fraction of sp³-hybridized carbons (Fsp3) is 0.933. The third kappa shape index (κ3) is 3.11. The molecule has 0 aromatic rings. The smallest absolute Gasteiger partial charge is 0.228 e. The molecule has 0 spiro atoms. The average molecular weight is 268 g/mol. The number of aliphatic hydroxyl groups is 1. The summed E-state index contributed by atoms with van der Waals surface area (Å²) in [5.74, 6) is 0.648. The first-order valence-corrected chi connectivity index (χ1v) is 7.70. The van der Waals surface area contributed by atoms with Crippen LogP contribution in [0, 0.1) is 11.3 Å². The first-order valence-electron chi connectivity index (χ1n) is 7.70. The van der Waals surface area contributed by atoms with Gasteiger partial charge in [-0.25, -0.2) is 0 Å². The van der Waals surface area contributed by atoms with Gasteiger partial charge < -0.3 is 15.3 Å². The molecule has 2 N–H and O–H groups in total. The molecule has 1 saturated heterocycles. The van der Waals surface area contributed by atoms with E-state index in [1.165, 1.54) is 6.42 Å². The second-order valence-corrected chi connectivity index (χ2v) is 6.57. The summed E-state index contributed by atoms with van der Waals surface area (Å²) >= 11 is 0. The van der Waals surface area contributed by atoms with Crippen LogP contribution in [0.4, 0.5) is 0 Å². The van der Waals surface area contributed by atoms with Crippen molar-refractivity contribution in [1.82, 2.24) is 10.2 Å². The van der Waals surface area contributed by atoms with Gasteiger partial charge in [0.05, 0.1) is 6.61 Å². The van der Waals surface area contributed by atoms with Crippen molar-refractivity contribution in [2.24, 2.45) is 11.3 Å². The largest absolute Gasteiger partial charge is 0.395 e.